The van der Waals surface area contributed by atoms with Crippen LogP contribution in [-0.2, 0) is 0 Å². The molecule has 10 aromatic rings. The van der Waals surface area contributed by atoms with E-state index in [9.17, 15) is 0 Å². The number of rotatable bonds is 7. The SMILES string of the molecule is c1ccc(-c2ccc3c(c2)c2c(-c4cccc(-c5ccccc5-c5nc(-c6ccccc6)nc(-c6ccccc6)n5)c4)cccc2n3-c2ccccc2)cc1. The second-order valence-electron chi connectivity index (χ2n) is 13.6. The molecule has 0 N–H and O–H groups in total. The molecular weight excluding hydrogens is 669 g/mol. The number of hydrogen-bond donors (Lipinski definition) is 0. The first-order valence-electron chi connectivity index (χ1n) is 18.5. The highest BCUT2D eigenvalue weighted by atomic mass is 15.0. The van der Waals surface area contributed by atoms with Crippen LogP contribution in [0.2, 0.25) is 0 Å². The standard InChI is InChI=1S/C51H34N4/c1-5-17-35(18-6-1)38-31-32-46-45(34-38)48-43(29-16-30-47(48)55(46)41-25-11-4-12-26-41)40-24-15-23-39(33-40)42-27-13-14-28-44(42)51-53-49(36-19-7-2-8-20-36)52-50(54-51)37-21-9-3-10-22-37/h1-34H. The summed E-state index contributed by atoms with van der Waals surface area (Å²) in [5.74, 6) is 1.92. The van der Waals surface area contributed by atoms with Crippen molar-refractivity contribution in [2.24, 2.45) is 0 Å². The first-order valence-corrected chi connectivity index (χ1v) is 18.5. The zero-order valence-electron chi connectivity index (χ0n) is 29.9. The monoisotopic (exact) mass is 702 g/mol. The predicted molar refractivity (Wildman–Crippen MR) is 227 cm³/mol. The van der Waals surface area contributed by atoms with Crippen LogP contribution in [0.1, 0.15) is 0 Å². The van der Waals surface area contributed by atoms with Crippen LogP contribution in [0.5, 0.6) is 0 Å². The lowest BCUT2D eigenvalue weighted by molar-refractivity contribution is 1.07. The van der Waals surface area contributed by atoms with Gasteiger partial charge >= 0.3 is 0 Å². The highest BCUT2D eigenvalue weighted by Crippen LogP contribution is 2.41. The largest absolute Gasteiger partial charge is 0.309 e. The summed E-state index contributed by atoms with van der Waals surface area (Å²) >= 11 is 0. The predicted octanol–water partition coefficient (Wildman–Crippen LogP) is 13.0. The van der Waals surface area contributed by atoms with Gasteiger partial charge in [0.25, 0.3) is 0 Å². The van der Waals surface area contributed by atoms with Gasteiger partial charge in [0.1, 0.15) is 0 Å². The second kappa shape index (κ2) is 13.8. The molecule has 0 saturated heterocycles. The van der Waals surface area contributed by atoms with E-state index in [2.05, 4.69) is 150 Å². The number of aromatic nitrogens is 4. The van der Waals surface area contributed by atoms with Gasteiger partial charge in [0.05, 0.1) is 11.0 Å². The smallest absolute Gasteiger partial charge is 0.164 e. The number of para-hydroxylation sites is 1. The fourth-order valence-corrected chi connectivity index (χ4v) is 7.69. The van der Waals surface area contributed by atoms with Crippen LogP contribution in [-0.4, -0.2) is 19.5 Å². The molecule has 0 aliphatic carbocycles. The Labute approximate surface area is 319 Å². The topological polar surface area (TPSA) is 43.6 Å². The third-order valence-electron chi connectivity index (χ3n) is 10.3. The maximum atomic E-state index is 5.08. The van der Waals surface area contributed by atoms with Gasteiger partial charge in [0, 0.05) is 33.2 Å². The van der Waals surface area contributed by atoms with Crippen molar-refractivity contribution in [1.29, 1.82) is 0 Å². The lowest BCUT2D eigenvalue weighted by Gasteiger charge is -2.13. The normalized spacial score (nSPS) is 11.3. The van der Waals surface area contributed by atoms with Crippen LogP contribution in [0.15, 0.2) is 206 Å². The molecule has 0 aliphatic rings. The highest BCUT2D eigenvalue weighted by molar-refractivity contribution is 6.16. The van der Waals surface area contributed by atoms with Crippen molar-refractivity contribution in [3.05, 3.63) is 206 Å². The molecule has 0 amide bonds. The van der Waals surface area contributed by atoms with Gasteiger partial charge in [-0.1, -0.05) is 170 Å². The Morgan fingerprint density at radius 3 is 1.44 bits per heavy atom. The van der Waals surface area contributed by atoms with Crippen LogP contribution in [0, 0.1) is 0 Å². The first kappa shape index (κ1) is 32.2. The van der Waals surface area contributed by atoms with Crippen LogP contribution in [0.4, 0.5) is 0 Å². The van der Waals surface area contributed by atoms with Gasteiger partial charge in [-0.25, -0.2) is 15.0 Å². The number of nitrogens with zero attached hydrogens (tertiary/aromatic N) is 4. The van der Waals surface area contributed by atoms with Gasteiger partial charge < -0.3 is 4.57 Å². The van der Waals surface area contributed by atoms with Crippen molar-refractivity contribution < 1.29 is 0 Å². The lowest BCUT2D eigenvalue weighted by atomic mass is 9.93. The summed E-state index contributed by atoms with van der Waals surface area (Å²) in [7, 11) is 0. The van der Waals surface area contributed by atoms with E-state index in [1.807, 2.05) is 60.7 Å². The van der Waals surface area contributed by atoms with Gasteiger partial charge in [-0.05, 0) is 69.8 Å². The maximum Gasteiger partial charge on any atom is 0.164 e. The van der Waals surface area contributed by atoms with Gasteiger partial charge in [-0.3, -0.25) is 0 Å². The number of benzene rings is 8. The van der Waals surface area contributed by atoms with Crippen LogP contribution >= 0.6 is 0 Å². The quantitative estimate of drug-likeness (QED) is 0.166. The summed E-state index contributed by atoms with van der Waals surface area (Å²) in [5, 5.41) is 2.44. The second-order valence-corrected chi connectivity index (χ2v) is 13.6. The summed E-state index contributed by atoms with van der Waals surface area (Å²) in [4.78, 5) is 15.1. The molecule has 0 aliphatic heterocycles. The molecule has 0 saturated carbocycles. The molecule has 0 spiro atoms. The molecule has 0 bridgehead atoms. The van der Waals surface area contributed by atoms with E-state index < -0.39 is 0 Å². The Morgan fingerprint density at radius 2 is 0.782 bits per heavy atom. The first-order chi connectivity index (χ1) is 27.3. The van der Waals surface area contributed by atoms with Gasteiger partial charge in [-0.15, -0.1) is 0 Å². The minimum absolute atomic E-state index is 0.634. The average molecular weight is 703 g/mol. The van der Waals surface area contributed by atoms with E-state index in [4.69, 9.17) is 15.0 Å². The van der Waals surface area contributed by atoms with E-state index in [0.29, 0.717) is 17.5 Å². The minimum atomic E-state index is 0.634. The molecule has 0 atom stereocenters. The molecule has 0 unspecified atom stereocenters. The van der Waals surface area contributed by atoms with Crippen molar-refractivity contribution in [2.75, 3.05) is 0 Å². The van der Waals surface area contributed by atoms with Crippen LogP contribution < -0.4 is 0 Å². The Kier molecular flexibility index (Phi) is 8.12. The summed E-state index contributed by atoms with van der Waals surface area (Å²) < 4.78 is 2.39. The van der Waals surface area contributed by atoms with E-state index in [-0.39, 0.29) is 0 Å². The average Bonchev–Trinajstić information content (AvgIpc) is 3.61. The third kappa shape index (κ3) is 5.96. The molecule has 4 heteroatoms. The highest BCUT2D eigenvalue weighted by Gasteiger charge is 2.19. The number of fused-ring (bicyclic) bond motifs is 3. The molecule has 2 heterocycles. The molecule has 0 radical (unpaired) electrons. The van der Waals surface area contributed by atoms with E-state index >= 15 is 0 Å². The van der Waals surface area contributed by atoms with Gasteiger partial charge in [0.15, 0.2) is 17.5 Å². The third-order valence-corrected chi connectivity index (χ3v) is 10.3. The van der Waals surface area contributed by atoms with E-state index in [1.165, 1.54) is 38.5 Å². The molecule has 0 fully saturated rings. The zero-order valence-corrected chi connectivity index (χ0v) is 29.9. The maximum absolute atomic E-state index is 5.08. The molecule has 2 aromatic heterocycles. The Bertz CT molecular complexity index is 2900. The van der Waals surface area contributed by atoms with Crippen molar-refractivity contribution >= 4 is 21.8 Å². The van der Waals surface area contributed by atoms with Crippen molar-refractivity contribution in [3.63, 3.8) is 0 Å². The summed E-state index contributed by atoms with van der Waals surface area (Å²) in [6.07, 6.45) is 0. The Morgan fingerprint density at radius 1 is 0.291 bits per heavy atom. The molecule has 8 aromatic carbocycles. The minimum Gasteiger partial charge on any atom is -0.309 e. The molecule has 10 rings (SSSR count). The van der Waals surface area contributed by atoms with Gasteiger partial charge in [0.2, 0.25) is 0 Å². The molecular formula is C51H34N4. The Balaban J connectivity index is 1.16. The van der Waals surface area contributed by atoms with Crippen LogP contribution in [0.25, 0.3) is 95.0 Å². The number of hydrogen-bond acceptors (Lipinski definition) is 3. The van der Waals surface area contributed by atoms with E-state index in [0.717, 1.165) is 39.1 Å². The molecule has 55 heavy (non-hydrogen) atoms. The summed E-state index contributed by atoms with van der Waals surface area (Å²) in [6, 6.07) is 72.3. The Hall–Kier alpha value is -7.43. The molecule has 258 valence electrons. The lowest BCUT2D eigenvalue weighted by Crippen LogP contribution is -2.01. The van der Waals surface area contributed by atoms with Gasteiger partial charge in [-0.2, -0.15) is 0 Å². The van der Waals surface area contributed by atoms with Crippen LogP contribution in [0.3, 0.4) is 0 Å². The van der Waals surface area contributed by atoms with Crippen molar-refractivity contribution in [3.8, 4) is 73.2 Å². The van der Waals surface area contributed by atoms with E-state index in [1.54, 1.807) is 0 Å². The fraction of sp³-hybridized carbons (Fsp3) is 0. The fourth-order valence-electron chi connectivity index (χ4n) is 7.69. The molecule has 4 nitrogen and oxygen atoms in total. The van der Waals surface area contributed by atoms with Crippen molar-refractivity contribution in [1.82, 2.24) is 19.5 Å². The summed E-state index contributed by atoms with van der Waals surface area (Å²) in [6.45, 7) is 0. The zero-order chi connectivity index (χ0) is 36.6. The van der Waals surface area contributed by atoms with Crippen molar-refractivity contribution in [2.45, 2.75) is 0 Å². The summed E-state index contributed by atoms with van der Waals surface area (Å²) in [5.41, 5.74) is 13.2.